The van der Waals surface area contributed by atoms with Gasteiger partial charge in [-0.2, -0.15) is 0 Å². The summed E-state index contributed by atoms with van der Waals surface area (Å²) in [5, 5.41) is 22.0. The van der Waals surface area contributed by atoms with Gasteiger partial charge in [0, 0.05) is 47.0 Å². The minimum atomic E-state index is -1.29. The van der Waals surface area contributed by atoms with Gasteiger partial charge in [0.1, 0.15) is 17.0 Å². The van der Waals surface area contributed by atoms with E-state index in [-0.39, 0.29) is 24.1 Å². The number of quaternary nitrogens is 1. The van der Waals surface area contributed by atoms with Crippen molar-refractivity contribution in [3.05, 3.63) is 124 Å². The molecule has 10 heteroatoms. The highest BCUT2D eigenvalue weighted by atomic mass is 35.5. The Morgan fingerprint density at radius 1 is 0.953 bits per heavy atom. The van der Waals surface area contributed by atoms with E-state index in [1.165, 1.54) is 24.3 Å². The zero-order chi connectivity index (χ0) is 29.5. The van der Waals surface area contributed by atoms with Crippen LogP contribution in [0.5, 0.6) is 0 Å². The van der Waals surface area contributed by atoms with E-state index in [9.17, 15) is 15.2 Å². The molecule has 0 spiro atoms. The van der Waals surface area contributed by atoms with Gasteiger partial charge in [0.2, 0.25) is 0 Å². The topological polar surface area (TPSA) is 120 Å². The van der Waals surface area contributed by atoms with Crippen LogP contribution in [0.25, 0.3) is 38.9 Å². The molecule has 0 radical (unpaired) electrons. The molecule has 3 heterocycles. The quantitative estimate of drug-likeness (QED) is 0.175. The highest BCUT2D eigenvalue weighted by molar-refractivity contribution is 6.33. The van der Waals surface area contributed by atoms with E-state index in [2.05, 4.69) is 11.1 Å². The number of esters is 1. The number of hydrogen-bond donors (Lipinski definition) is 1. The predicted octanol–water partition coefficient (Wildman–Crippen LogP) is 6.13. The van der Waals surface area contributed by atoms with Gasteiger partial charge in [-0.25, -0.2) is 19.7 Å². The molecule has 1 N–H and O–H groups in total. The molecule has 0 unspecified atom stereocenters. The second kappa shape index (κ2) is 11.2. The fourth-order valence-electron chi connectivity index (χ4n) is 5.65. The van der Waals surface area contributed by atoms with E-state index in [0.717, 1.165) is 57.6 Å². The third kappa shape index (κ3) is 5.24. The Bertz CT molecular complexity index is 1950. The van der Waals surface area contributed by atoms with Gasteiger partial charge in [-0.3, -0.25) is 4.40 Å². The third-order valence-electron chi connectivity index (χ3n) is 7.98. The molecule has 3 aromatic heterocycles. The van der Waals surface area contributed by atoms with Gasteiger partial charge >= 0.3 is 5.97 Å². The van der Waals surface area contributed by atoms with Gasteiger partial charge in [0.25, 0.3) is 0 Å². The Labute approximate surface area is 251 Å². The van der Waals surface area contributed by atoms with Crippen LogP contribution >= 0.6 is 11.6 Å². The van der Waals surface area contributed by atoms with Crippen molar-refractivity contribution < 1.29 is 14.8 Å². The molecule has 1 aliphatic rings. The monoisotopic (exact) mass is 590 g/mol. The smallest absolute Gasteiger partial charge is 0.338 e. The number of nitrogens with zero attached hydrogens (tertiary/aromatic N) is 4. The molecule has 6 aromatic rings. The molecule has 0 aliphatic heterocycles. The van der Waals surface area contributed by atoms with Gasteiger partial charge in [-0.05, 0) is 43.0 Å². The Morgan fingerprint density at radius 2 is 1.72 bits per heavy atom. The average molecular weight is 591 g/mol. The normalized spacial score (nSPS) is 16.5. The van der Waals surface area contributed by atoms with Crippen molar-refractivity contribution in [2.45, 2.75) is 18.8 Å². The number of fused-ring (bicyclic) bond motifs is 2. The molecule has 3 aromatic carbocycles. The Balaban J connectivity index is 1.11. The minimum absolute atomic E-state index is 0.0110. The van der Waals surface area contributed by atoms with Crippen LogP contribution in [0, 0.1) is 16.3 Å². The summed E-state index contributed by atoms with van der Waals surface area (Å²) in [7, 11) is 0. The van der Waals surface area contributed by atoms with Crippen LogP contribution in [0.4, 0.5) is 5.69 Å². The lowest BCUT2D eigenvalue weighted by molar-refractivity contribution is -0.715. The number of carbonyl (C=O) groups is 1. The molecule has 1 fully saturated rings. The predicted molar refractivity (Wildman–Crippen MR) is 164 cm³/mol. The number of carbonyl (C=O) groups excluding carboxylic acids is 1. The molecular formula is C33H25ClN5O4-. The second-order valence-corrected chi connectivity index (χ2v) is 11.1. The lowest BCUT2D eigenvalue weighted by Gasteiger charge is -2.34. The fourth-order valence-corrected chi connectivity index (χ4v) is 5.89. The third-order valence-corrected chi connectivity index (χ3v) is 8.26. The number of benzene rings is 3. The summed E-state index contributed by atoms with van der Waals surface area (Å²) >= 11 is 6.63. The summed E-state index contributed by atoms with van der Waals surface area (Å²) in [6.45, 7) is 0.274. The van der Waals surface area contributed by atoms with Crippen molar-refractivity contribution in [3.63, 3.8) is 0 Å². The number of pyridine rings is 1. The first-order valence-electron chi connectivity index (χ1n) is 13.9. The molecule has 43 heavy (non-hydrogen) atoms. The van der Waals surface area contributed by atoms with Crippen LogP contribution in [0.1, 0.15) is 34.9 Å². The lowest BCUT2D eigenvalue weighted by Crippen LogP contribution is -2.96. The minimum Gasteiger partial charge on any atom is -0.628 e. The van der Waals surface area contributed by atoms with Crippen molar-refractivity contribution in [2.75, 3.05) is 6.61 Å². The number of halogens is 1. The molecule has 9 nitrogen and oxygen atoms in total. The number of hydrogen-bond acceptors (Lipinski definition) is 7. The molecule has 0 amide bonds. The van der Waals surface area contributed by atoms with Gasteiger partial charge in [-0.1, -0.05) is 60.1 Å². The largest absolute Gasteiger partial charge is 0.628 e. The van der Waals surface area contributed by atoms with Gasteiger partial charge in [-0.15, -0.1) is 0 Å². The highest BCUT2D eigenvalue weighted by Gasteiger charge is 2.35. The van der Waals surface area contributed by atoms with Gasteiger partial charge < -0.3 is 20.4 Å². The number of nitrogens with one attached hydrogen (secondary N) is 1. The maximum Gasteiger partial charge on any atom is 0.338 e. The summed E-state index contributed by atoms with van der Waals surface area (Å²) in [4.78, 5) is 26.8. The van der Waals surface area contributed by atoms with E-state index in [1.54, 1.807) is 6.20 Å². The number of imidazole rings is 1. The van der Waals surface area contributed by atoms with E-state index < -0.39 is 11.2 Å². The number of rotatable bonds is 7. The Kier molecular flexibility index (Phi) is 7.08. The first-order chi connectivity index (χ1) is 20.9. The van der Waals surface area contributed by atoms with Crippen LogP contribution in [0.2, 0.25) is 5.15 Å². The van der Waals surface area contributed by atoms with Crippen molar-refractivity contribution in [1.29, 1.82) is 0 Å². The summed E-state index contributed by atoms with van der Waals surface area (Å²) < 4.78 is 7.52. The first-order valence-corrected chi connectivity index (χ1v) is 14.3. The Morgan fingerprint density at radius 3 is 2.49 bits per heavy atom. The summed E-state index contributed by atoms with van der Waals surface area (Å²) in [6.07, 6.45) is 5.15. The molecular weight excluding hydrogens is 566 g/mol. The highest BCUT2D eigenvalue weighted by Crippen LogP contribution is 2.43. The zero-order valence-electron chi connectivity index (χ0n) is 22.8. The van der Waals surface area contributed by atoms with E-state index in [4.69, 9.17) is 26.3 Å². The summed E-state index contributed by atoms with van der Waals surface area (Å²) in [5.74, 6) is 0.751. The Hall–Kier alpha value is -4.67. The van der Waals surface area contributed by atoms with Crippen molar-refractivity contribution in [1.82, 2.24) is 19.4 Å². The zero-order valence-corrected chi connectivity index (χ0v) is 23.6. The van der Waals surface area contributed by atoms with Crippen LogP contribution in [-0.4, -0.2) is 31.9 Å². The molecule has 0 atom stereocenters. The van der Waals surface area contributed by atoms with E-state index >= 15 is 0 Å². The number of ether oxygens (including phenoxy) is 1. The van der Waals surface area contributed by atoms with Gasteiger partial charge in [0.15, 0.2) is 5.15 Å². The SMILES string of the molecule is O=C(OCC1CC(c2nc(-c3ccc4ccc(-c5ccccc5)nc4c3)c3c(Cl)nccn23)C1)c1ccc([NH+]([O-])[O-])cc1. The fraction of sp³-hybridized carbons (Fsp3) is 0.152. The molecule has 1 saturated carbocycles. The molecule has 0 saturated heterocycles. The molecule has 7 rings (SSSR count). The van der Waals surface area contributed by atoms with Crippen LogP contribution < -0.4 is 5.23 Å². The maximum absolute atomic E-state index is 12.5. The first kappa shape index (κ1) is 27.2. The van der Waals surface area contributed by atoms with Crippen LogP contribution in [0.3, 0.4) is 0 Å². The summed E-state index contributed by atoms with van der Waals surface area (Å²) in [6, 6.07) is 25.8. The standard InChI is InChI=1S/C33H25ClN5O4/c34-31-30-29(24-7-6-22-10-13-27(36-28(22)18-24)21-4-2-1-3-5-21)37-32(38(30)15-14-35-31)25-16-20(17-25)19-43-33(40)23-8-11-26(12-9-23)39(41)42/h1-15,18,20,25,39H,16-17,19H2/q-1. The average Bonchev–Trinajstić information content (AvgIpc) is 3.40. The van der Waals surface area contributed by atoms with Gasteiger partial charge in [0.05, 0.1) is 29.1 Å². The second-order valence-electron chi connectivity index (χ2n) is 10.7. The summed E-state index contributed by atoms with van der Waals surface area (Å²) in [5.41, 5.74) is 5.51. The van der Waals surface area contributed by atoms with Crippen LogP contribution in [0.15, 0.2) is 97.3 Å². The lowest BCUT2D eigenvalue weighted by atomic mass is 9.75. The molecule has 214 valence electrons. The van der Waals surface area contributed by atoms with Crippen molar-refractivity contribution in [2.24, 2.45) is 5.92 Å². The van der Waals surface area contributed by atoms with Crippen molar-refractivity contribution in [3.8, 4) is 22.5 Å². The molecule has 1 aliphatic carbocycles. The van der Waals surface area contributed by atoms with Crippen molar-refractivity contribution >= 4 is 39.7 Å². The van der Waals surface area contributed by atoms with E-state index in [0.29, 0.717) is 10.7 Å². The molecule has 0 bridgehead atoms. The number of aromatic nitrogens is 4. The maximum atomic E-state index is 12.5. The van der Waals surface area contributed by atoms with Crippen LogP contribution in [-0.2, 0) is 4.74 Å². The van der Waals surface area contributed by atoms with E-state index in [1.807, 2.05) is 65.2 Å².